The molecular formula is C28H55N. The van der Waals surface area contributed by atoms with Gasteiger partial charge in [0.2, 0.25) is 0 Å². The van der Waals surface area contributed by atoms with Crippen molar-refractivity contribution in [2.24, 2.45) is 0 Å². The molecule has 0 saturated carbocycles. The summed E-state index contributed by atoms with van der Waals surface area (Å²) >= 11 is 0. The minimum atomic E-state index is 1.13. The van der Waals surface area contributed by atoms with Crippen LogP contribution >= 0.6 is 0 Å². The summed E-state index contributed by atoms with van der Waals surface area (Å²) in [4.78, 5) is 2.42. The van der Waals surface area contributed by atoms with Crippen molar-refractivity contribution in [3.8, 4) is 0 Å². The molecule has 0 heterocycles. The molecule has 0 aliphatic rings. The Labute approximate surface area is 185 Å². The number of hydrogen-bond acceptors (Lipinski definition) is 1. The maximum absolute atomic E-state index is 2.42. The van der Waals surface area contributed by atoms with E-state index in [1.165, 1.54) is 129 Å². The van der Waals surface area contributed by atoms with Crippen LogP contribution < -0.4 is 0 Å². The van der Waals surface area contributed by atoms with E-state index in [0.29, 0.717) is 0 Å². The first-order chi connectivity index (χ1) is 14.3. The Morgan fingerprint density at radius 2 is 0.862 bits per heavy atom. The summed E-state index contributed by atoms with van der Waals surface area (Å²) in [6.45, 7) is 7.99. The van der Waals surface area contributed by atoms with Crippen molar-refractivity contribution in [3.63, 3.8) is 0 Å². The molecule has 0 radical (unpaired) electrons. The molecule has 0 aromatic heterocycles. The van der Waals surface area contributed by atoms with Gasteiger partial charge in [-0.2, -0.15) is 0 Å². The smallest absolute Gasteiger partial charge is 0.0219 e. The summed E-state index contributed by atoms with van der Waals surface area (Å²) in [6, 6.07) is 0. The van der Waals surface area contributed by atoms with E-state index in [2.05, 4.69) is 50.2 Å². The Balaban J connectivity index is 3.67. The SMILES string of the molecule is CCC=CN(C=CCCCCCCCCCC)CCCCCCCCCCCC. The van der Waals surface area contributed by atoms with Gasteiger partial charge < -0.3 is 4.90 Å². The second-order valence-electron chi connectivity index (χ2n) is 8.86. The van der Waals surface area contributed by atoms with Crippen LogP contribution in [0, 0.1) is 0 Å². The quantitative estimate of drug-likeness (QED) is 0.153. The van der Waals surface area contributed by atoms with Gasteiger partial charge in [-0.15, -0.1) is 0 Å². The fourth-order valence-corrected chi connectivity index (χ4v) is 3.83. The highest BCUT2D eigenvalue weighted by molar-refractivity contribution is 4.91. The lowest BCUT2D eigenvalue weighted by Crippen LogP contribution is -2.11. The van der Waals surface area contributed by atoms with Crippen LogP contribution in [0.15, 0.2) is 24.6 Å². The first-order valence-corrected chi connectivity index (χ1v) is 13.4. The van der Waals surface area contributed by atoms with Crippen LogP contribution in [0.5, 0.6) is 0 Å². The highest BCUT2D eigenvalue weighted by Crippen LogP contribution is 2.12. The van der Waals surface area contributed by atoms with Crippen LogP contribution in [0.2, 0.25) is 0 Å². The molecule has 0 fully saturated rings. The molecule has 0 atom stereocenters. The van der Waals surface area contributed by atoms with Gasteiger partial charge in [-0.25, -0.2) is 0 Å². The molecule has 29 heavy (non-hydrogen) atoms. The molecular weight excluding hydrogens is 350 g/mol. The van der Waals surface area contributed by atoms with Gasteiger partial charge in [0, 0.05) is 6.54 Å². The van der Waals surface area contributed by atoms with Crippen molar-refractivity contribution in [2.45, 2.75) is 149 Å². The van der Waals surface area contributed by atoms with Crippen molar-refractivity contribution in [1.29, 1.82) is 0 Å². The first kappa shape index (κ1) is 28.3. The third-order valence-corrected chi connectivity index (χ3v) is 5.82. The summed E-state index contributed by atoms with van der Waals surface area (Å²) in [6.07, 6.45) is 37.1. The van der Waals surface area contributed by atoms with E-state index in [0.717, 1.165) is 6.42 Å². The molecule has 0 unspecified atom stereocenters. The topological polar surface area (TPSA) is 3.24 Å². The average molecular weight is 406 g/mol. The van der Waals surface area contributed by atoms with Crippen LogP contribution in [0.4, 0.5) is 0 Å². The van der Waals surface area contributed by atoms with Crippen LogP contribution in [0.25, 0.3) is 0 Å². The molecule has 0 rings (SSSR count). The van der Waals surface area contributed by atoms with Gasteiger partial charge in [0.25, 0.3) is 0 Å². The fraction of sp³-hybridized carbons (Fsp3) is 0.857. The summed E-state index contributed by atoms with van der Waals surface area (Å²) in [5.41, 5.74) is 0. The molecule has 0 bridgehead atoms. The lowest BCUT2D eigenvalue weighted by Gasteiger charge is -2.15. The van der Waals surface area contributed by atoms with E-state index in [9.17, 15) is 0 Å². The van der Waals surface area contributed by atoms with E-state index in [-0.39, 0.29) is 0 Å². The zero-order chi connectivity index (χ0) is 21.3. The molecule has 0 N–H and O–H groups in total. The van der Waals surface area contributed by atoms with E-state index >= 15 is 0 Å². The summed E-state index contributed by atoms with van der Waals surface area (Å²) in [7, 11) is 0. The summed E-state index contributed by atoms with van der Waals surface area (Å²) < 4.78 is 0. The second kappa shape index (κ2) is 25.3. The minimum absolute atomic E-state index is 1.13. The zero-order valence-electron chi connectivity index (χ0n) is 20.6. The molecule has 0 aromatic rings. The van der Waals surface area contributed by atoms with Gasteiger partial charge >= 0.3 is 0 Å². The van der Waals surface area contributed by atoms with Gasteiger partial charge in [-0.05, 0) is 38.1 Å². The van der Waals surface area contributed by atoms with Crippen LogP contribution in [0.3, 0.4) is 0 Å². The number of rotatable bonds is 23. The van der Waals surface area contributed by atoms with Crippen molar-refractivity contribution in [2.75, 3.05) is 6.54 Å². The highest BCUT2D eigenvalue weighted by atomic mass is 15.1. The summed E-state index contributed by atoms with van der Waals surface area (Å²) in [5, 5.41) is 0. The predicted molar refractivity (Wildman–Crippen MR) is 134 cm³/mol. The van der Waals surface area contributed by atoms with Crippen molar-refractivity contribution in [1.82, 2.24) is 4.90 Å². The Morgan fingerprint density at radius 1 is 0.448 bits per heavy atom. The largest absolute Gasteiger partial charge is 0.355 e. The van der Waals surface area contributed by atoms with Crippen LogP contribution in [-0.4, -0.2) is 11.4 Å². The second-order valence-corrected chi connectivity index (χ2v) is 8.86. The lowest BCUT2D eigenvalue weighted by molar-refractivity contribution is 0.461. The molecule has 0 aromatic carbocycles. The number of nitrogens with zero attached hydrogens (tertiary/aromatic N) is 1. The van der Waals surface area contributed by atoms with E-state index < -0.39 is 0 Å². The van der Waals surface area contributed by atoms with Gasteiger partial charge in [-0.3, -0.25) is 0 Å². The van der Waals surface area contributed by atoms with Gasteiger partial charge in [-0.1, -0.05) is 136 Å². The molecule has 0 aliphatic carbocycles. The number of unbranched alkanes of at least 4 members (excludes halogenated alkanes) is 17. The highest BCUT2D eigenvalue weighted by Gasteiger charge is 1.97. The fourth-order valence-electron chi connectivity index (χ4n) is 3.83. The monoisotopic (exact) mass is 405 g/mol. The Bertz CT molecular complexity index is 344. The average Bonchev–Trinajstić information content (AvgIpc) is 2.74. The third kappa shape index (κ3) is 23.4. The molecule has 0 spiro atoms. The van der Waals surface area contributed by atoms with E-state index in [1.54, 1.807) is 0 Å². The van der Waals surface area contributed by atoms with Crippen molar-refractivity contribution >= 4 is 0 Å². The summed E-state index contributed by atoms with van der Waals surface area (Å²) in [5.74, 6) is 0. The molecule has 0 saturated heterocycles. The molecule has 0 aliphatic heterocycles. The number of allylic oxidation sites excluding steroid dienone is 2. The molecule has 1 nitrogen and oxygen atoms in total. The maximum atomic E-state index is 2.42. The van der Waals surface area contributed by atoms with E-state index in [4.69, 9.17) is 0 Å². The Kier molecular flexibility index (Phi) is 24.7. The van der Waals surface area contributed by atoms with Gasteiger partial charge in [0.05, 0.1) is 0 Å². The zero-order valence-corrected chi connectivity index (χ0v) is 20.6. The van der Waals surface area contributed by atoms with Crippen LogP contribution in [0.1, 0.15) is 149 Å². The molecule has 172 valence electrons. The first-order valence-electron chi connectivity index (χ1n) is 13.4. The molecule has 1 heteroatoms. The maximum Gasteiger partial charge on any atom is 0.0219 e. The number of hydrogen-bond donors (Lipinski definition) is 0. The van der Waals surface area contributed by atoms with Crippen molar-refractivity contribution in [3.05, 3.63) is 24.6 Å². The normalized spacial score (nSPS) is 11.8. The van der Waals surface area contributed by atoms with E-state index in [1.807, 2.05) is 0 Å². The van der Waals surface area contributed by atoms with Crippen molar-refractivity contribution < 1.29 is 0 Å². The minimum Gasteiger partial charge on any atom is -0.355 e. The van der Waals surface area contributed by atoms with Gasteiger partial charge in [0.1, 0.15) is 0 Å². The lowest BCUT2D eigenvalue weighted by atomic mass is 10.1. The predicted octanol–water partition coefficient (Wildman–Crippen LogP) is 10.2. The Morgan fingerprint density at radius 3 is 1.34 bits per heavy atom. The van der Waals surface area contributed by atoms with Gasteiger partial charge in [0.15, 0.2) is 0 Å². The standard InChI is InChI=1S/C28H55N/c1-4-7-10-12-14-16-18-20-22-24-27-29(26-9-6-3)28-25-23-21-19-17-15-13-11-8-5-2/h9,24,26-27H,4-8,10-23,25,28H2,1-3H3. The Hall–Kier alpha value is -0.720. The van der Waals surface area contributed by atoms with Crippen LogP contribution in [-0.2, 0) is 0 Å². The third-order valence-electron chi connectivity index (χ3n) is 5.82. The molecule has 0 amide bonds.